The Balaban J connectivity index is 1.74. The van der Waals surface area contributed by atoms with Crippen LogP contribution in [0, 0.1) is 11.8 Å². The number of aromatic nitrogens is 3. The van der Waals surface area contributed by atoms with Gasteiger partial charge in [-0.1, -0.05) is 12.1 Å². The lowest BCUT2D eigenvalue weighted by molar-refractivity contribution is -0.142. The Labute approximate surface area is 127 Å². The fraction of sp³-hybridized carbons (Fsp3) is 0.333. The quantitative estimate of drug-likeness (QED) is 0.915. The number of likely N-dealkylation sites (tertiary alicyclic amines) is 1. The summed E-state index contributed by atoms with van der Waals surface area (Å²) in [7, 11) is 0. The second kappa shape index (κ2) is 5.59. The van der Waals surface area contributed by atoms with E-state index < -0.39 is 11.9 Å². The normalized spacial score (nSPS) is 21.0. The molecule has 0 bridgehead atoms. The van der Waals surface area contributed by atoms with E-state index >= 15 is 0 Å². The van der Waals surface area contributed by atoms with Crippen molar-refractivity contribution in [2.24, 2.45) is 11.8 Å². The third kappa shape index (κ3) is 2.57. The average molecular weight is 300 g/mol. The zero-order valence-electron chi connectivity index (χ0n) is 12.1. The summed E-state index contributed by atoms with van der Waals surface area (Å²) in [6.07, 6.45) is 3.30. The van der Waals surface area contributed by atoms with E-state index in [1.807, 2.05) is 6.92 Å². The number of rotatable bonds is 3. The van der Waals surface area contributed by atoms with Gasteiger partial charge in [0.25, 0.3) is 5.91 Å². The van der Waals surface area contributed by atoms with E-state index in [0.717, 1.165) is 5.69 Å². The molecular formula is C15H16N4O3. The summed E-state index contributed by atoms with van der Waals surface area (Å²) in [5.41, 5.74) is 1.36. The van der Waals surface area contributed by atoms with Crippen LogP contribution >= 0.6 is 0 Å². The van der Waals surface area contributed by atoms with E-state index in [9.17, 15) is 9.59 Å². The van der Waals surface area contributed by atoms with Gasteiger partial charge >= 0.3 is 5.97 Å². The molecule has 114 valence electrons. The predicted octanol–water partition coefficient (Wildman–Crippen LogP) is 1.06. The first-order chi connectivity index (χ1) is 10.6. The van der Waals surface area contributed by atoms with Crippen LogP contribution in [0.15, 0.2) is 36.7 Å². The number of hydrogen-bond donors (Lipinski definition) is 1. The Morgan fingerprint density at radius 2 is 1.95 bits per heavy atom. The van der Waals surface area contributed by atoms with Gasteiger partial charge in [0.1, 0.15) is 0 Å². The molecule has 2 heterocycles. The number of hydrogen-bond acceptors (Lipinski definition) is 4. The molecule has 0 aliphatic carbocycles. The van der Waals surface area contributed by atoms with E-state index in [2.05, 4.69) is 10.3 Å². The standard InChI is InChI=1S/C15H16N4O3/c1-10-8-18(9-13(10)15(21)22)14(20)11-2-4-12(5-3-11)19-7-6-16-17-19/h2-7,10,13H,8-9H2,1H3,(H,21,22)/t10-,13-/m1/s1. The van der Waals surface area contributed by atoms with Crippen molar-refractivity contribution in [1.29, 1.82) is 0 Å². The number of carboxylic acids is 1. The minimum atomic E-state index is -0.843. The molecule has 7 nitrogen and oxygen atoms in total. The average Bonchev–Trinajstić information content (AvgIpc) is 3.16. The van der Waals surface area contributed by atoms with Crippen molar-refractivity contribution < 1.29 is 14.7 Å². The van der Waals surface area contributed by atoms with Crippen LogP contribution in [0.5, 0.6) is 0 Å². The summed E-state index contributed by atoms with van der Waals surface area (Å²) in [5, 5.41) is 16.8. The van der Waals surface area contributed by atoms with Crippen LogP contribution < -0.4 is 0 Å². The molecule has 0 spiro atoms. The molecule has 0 saturated carbocycles. The van der Waals surface area contributed by atoms with Crippen molar-refractivity contribution in [3.8, 4) is 5.69 Å². The van der Waals surface area contributed by atoms with Gasteiger partial charge in [0, 0.05) is 18.7 Å². The number of carboxylic acid groups (broad SMARTS) is 1. The van der Waals surface area contributed by atoms with Crippen LogP contribution in [0.4, 0.5) is 0 Å². The second-order valence-corrected chi connectivity index (χ2v) is 5.53. The third-order valence-electron chi connectivity index (χ3n) is 4.02. The van der Waals surface area contributed by atoms with E-state index in [1.54, 1.807) is 46.2 Å². The van der Waals surface area contributed by atoms with E-state index in [4.69, 9.17) is 5.11 Å². The van der Waals surface area contributed by atoms with E-state index in [-0.39, 0.29) is 18.4 Å². The number of benzene rings is 1. The highest BCUT2D eigenvalue weighted by Gasteiger charge is 2.37. The number of aliphatic carboxylic acids is 1. The number of carbonyl (C=O) groups is 2. The number of amides is 1. The summed E-state index contributed by atoms with van der Waals surface area (Å²) in [4.78, 5) is 25.2. The molecule has 1 aromatic carbocycles. The Morgan fingerprint density at radius 3 is 2.50 bits per heavy atom. The Morgan fingerprint density at radius 1 is 1.23 bits per heavy atom. The van der Waals surface area contributed by atoms with Crippen molar-refractivity contribution >= 4 is 11.9 Å². The lowest BCUT2D eigenvalue weighted by Crippen LogP contribution is -2.29. The molecule has 1 aromatic heterocycles. The molecule has 1 aliphatic heterocycles. The molecule has 0 radical (unpaired) electrons. The summed E-state index contributed by atoms with van der Waals surface area (Å²) in [5.74, 6) is -1.50. The van der Waals surface area contributed by atoms with Gasteiger partial charge in [-0.15, -0.1) is 5.10 Å². The first-order valence-electron chi connectivity index (χ1n) is 7.05. The maximum absolute atomic E-state index is 12.5. The van der Waals surface area contributed by atoms with Crippen LogP contribution in [0.1, 0.15) is 17.3 Å². The van der Waals surface area contributed by atoms with Crippen molar-refractivity contribution in [3.05, 3.63) is 42.2 Å². The smallest absolute Gasteiger partial charge is 0.308 e. The van der Waals surface area contributed by atoms with Crippen molar-refractivity contribution in [1.82, 2.24) is 19.9 Å². The highest BCUT2D eigenvalue weighted by molar-refractivity contribution is 5.95. The lowest BCUT2D eigenvalue weighted by Gasteiger charge is -2.16. The fourth-order valence-electron chi connectivity index (χ4n) is 2.74. The van der Waals surface area contributed by atoms with Crippen LogP contribution in [-0.4, -0.2) is 50.0 Å². The first kappa shape index (κ1) is 14.2. The molecule has 1 aliphatic rings. The van der Waals surface area contributed by atoms with Gasteiger partial charge in [-0.25, -0.2) is 4.68 Å². The van der Waals surface area contributed by atoms with Crippen LogP contribution in [0.3, 0.4) is 0 Å². The molecule has 1 saturated heterocycles. The van der Waals surface area contributed by atoms with Gasteiger partial charge in [0.15, 0.2) is 0 Å². The Hall–Kier alpha value is -2.70. The highest BCUT2D eigenvalue weighted by atomic mass is 16.4. The molecule has 22 heavy (non-hydrogen) atoms. The summed E-state index contributed by atoms with van der Waals surface area (Å²) in [6, 6.07) is 7.02. The minimum absolute atomic E-state index is 0.0316. The third-order valence-corrected chi connectivity index (χ3v) is 4.02. The molecule has 0 unspecified atom stereocenters. The first-order valence-corrected chi connectivity index (χ1v) is 7.05. The Bertz CT molecular complexity index is 681. The maximum Gasteiger partial charge on any atom is 0.308 e. The Kier molecular flexibility index (Phi) is 3.62. The van der Waals surface area contributed by atoms with Crippen LogP contribution in [0.2, 0.25) is 0 Å². The number of nitrogens with zero attached hydrogens (tertiary/aromatic N) is 4. The van der Waals surface area contributed by atoms with Gasteiger partial charge in [-0.05, 0) is 30.2 Å². The van der Waals surface area contributed by atoms with Gasteiger partial charge in [0.05, 0.1) is 24.0 Å². The molecule has 1 fully saturated rings. The molecule has 3 rings (SSSR count). The maximum atomic E-state index is 12.5. The zero-order chi connectivity index (χ0) is 15.7. The minimum Gasteiger partial charge on any atom is -0.481 e. The summed E-state index contributed by atoms with van der Waals surface area (Å²) >= 11 is 0. The van der Waals surface area contributed by atoms with Gasteiger partial charge in [0.2, 0.25) is 0 Å². The van der Waals surface area contributed by atoms with Crippen LogP contribution in [0.25, 0.3) is 5.69 Å². The summed E-state index contributed by atoms with van der Waals surface area (Å²) in [6.45, 7) is 2.60. The lowest BCUT2D eigenvalue weighted by atomic mass is 9.99. The molecule has 1 N–H and O–H groups in total. The fourth-order valence-corrected chi connectivity index (χ4v) is 2.74. The van der Waals surface area contributed by atoms with Gasteiger partial charge in [-0.3, -0.25) is 9.59 Å². The highest BCUT2D eigenvalue weighted by Crippen LogP contribution is 2.24. The monoisotopic (exact) mass is 300 g/mol. The predicted molar refractivity (Wildman–Crippen MR) is 77.6 cm³/mol. The SMILES string of the molecule is C[C@@H]1CN(C(=O)c2ccc(-n3ccnn3)cc2)C[C@H]1C(=O)O. The number of carbonyl (C=O) groups excluding carboxylic acids is 1. The van der Waals surface area contributed by atoms with E-state index in [1.165, 1.54) is 0 Å². The van der Waals surface area contributed by atoms with Crippen molar-refractivity contribution in [2.75, 3.05) is 13.1 Å². The second-order valence-electron chi connectivity index (χ2n) is 5.53. The molecule has 2 atom stereocenters. The molecule has 2 aromatic rings. The van der Waals surface area contributed by atoms with Gasteiger partial charge < -0.3 is 10.0 Å². The zero-order valence-corrected chi connectivity index (χ0v) is 12.1. The van der Waals surface area contributed by atoms with Crippen molar-refractivity contribution in [2.45, 2.75) is 6.92 Å². The molecule has 7 heteroatoms. The largest absolute Gasteiger partial charge is 0.481 e. The molecular weight excluding hydrogens is 284 g/mol. The summed E-state index contributed by atoms with van der Waals surface area (Å²) < 4.78 is 1.60. The van der Waals surface area contributed by atoms with Crippen molar-refractivity contribution in [3.63, 3.8) is 0 Å². The van der Waals surface area contributed by atoms with Gasteiger partial charge in [-0.2, -0.15) is 0 Å². The molecule has 1 amide bonds. The van der Waals surface area contributed by atoms with E-state index in [0.29, 0.717) is 12.1 Å². The van der Waals surface area contributed by atoms with Crippen LogP contribution in [-0.2, 0) is 4.79 Å². The topological polar surface area (TPSA) is 88.3 Å².